The van der Waals surface area contributed by atoms with E-state index in [2.05, 4.69) is 15.5 Å². The summed E-state index contributed by atoms with van der Waals surface area (Å²) in [6, 6.07) is -0.256. The zero-order valence-electron chi connectivity index (χ0n) is 14.8. The van der Waals surface area contributed by atoms with Gasteiger partial charge >= 0.3 is 0 Å². The van der Waals surface area contributed by atoms with Gasteiger partial charge in [-0.05, 0) is 23.3 Å². The van der Waals surface area contributed by atoms with Crippen molar-refractivity contribution in [3.63, 3.8) is 0 Å². The van der Waals surface area contributed by atoms with E-state index in [1.807, 2.05) is 0 Å². The number of hydrogen-bond acceptors (Lipinski definition) is 8. The van der Waals surface area contributed by atoms with Crippen molar-refractivity contribution in [1.82, 2.24) is 30.0 Å². The molecule has 11 heteroatoms. The Morgan fingerprint density at radius 3 is 2.73 bits per heavy atom. The van der Waals surface area contributed by atoms with Gasteiger partial charge in [0, 0.05) is 33.1 Å². The number of morpholine rings is 1. The highest BCUT2D eigenvalue weighted by atomic mass is 32.2. The monoisotopic (exact) mass is 384 g/mol. The molecule has 1 N–H and O–H groups in total. The first-order valence-electron chi connectivity index (χ1n) is 8.73. The summed E-state index contributed by atoms with van der Waals surface area (Å²) < 4.78 is 7.01. The lowest BCUT2D eigenvalue weighted by atomic mass is 10.1. The van der Waals surface area contributed by atoms with Crippen LogP contribution in [0.4, 0.5) is 0 Å². The van der Waals surface area contributed by atoms with E-state index >= 15 is 0 Å². The van der Waals surface area contributed by atoms with Crippen molar-refractivity contribution in [3.05, 3.63) is 0 Å². The molecule has 2 saturated heterocycles. The van der Waals surface area contributed by atoms with Crippen LogP contribution in [0.1, 0.15) is 19.3 Å². The number of ether oxygens (including phenoxy) is 1. The first-order chi connectivity index (χ1) is 12.5. The molecule has 26 heavy (non-hydrogen) atoms. The minimum atomic E-state index is -0.317. The fraction of sp³-hybridized carbons (Fsp3) is 0.800. The molecule has 144 valence electrons. The zero-order chi connectivity index (χ0) is 18.5. The lowest BCUT2D eigenvalue weighted by Gasteiger charge is -2.37. The molecule has 0 bridgehead atoms. The Kier molecular flexibility index (Phi) is 6.43. The molecule has 10 nitrogen and oxygen atoms in total. The van der Waals surface area contributed by atoms with Crippen molar-refractivity contribution >= 4 is 23.6 Å². The van der Waals surface area contributed by atoms with E-state index in [0.717, 1.165) is 0 Å². The van der Waals surface area contributed by atoms with E-state index in [9.17, 15) is 14.7 Å². The highest BCUT2D eigenvalue weighted by molar-refractivity contribution is 7.99. The Morgan fingerprint density at radius 1 is 1.27 bits per heavy atom. The van der Waals surface area contributed by atoms with Crippen LogP contribution in [0.2, 0.25) is 0 Å². The van der Waals surface area contributed by atoms with Gasteiger partial charge in [-0.15, -0.1) is 5.10 Å². The number of carbonyl (C=O) groups is 2. The topological polar surface area (TPSA) is 114 Å². The Bertz CT molecular complexity index is 633. The number of hydrogen-bond donors (Lipinski definition) is 1. The molecule has 2 aliphatic heterocycles. The van der Waals surface area contributed by atoms with Crippen molar-refractivity contribution in [3.8, 4) is 0 Å². The Balaban J connectivity index is 1.54. The zero-order valence-corrected chi connectivity index (χ0v) is 15.6. The van der Waals surface area contributed by atoms with Crippen LogP contribution in [0.25, 0.3) is 0 Å². The minimum Gasteiger partial charge on any atom is -0.393 e. The van der Waals surface area contributed by atoms with Gasteiger partial charge < -0.3 is 19.6 Å². The van der Waals surface area contributed by atoms with E-state index in [0.29, 0.717) is 50.8 Å². The number of aliphatic hydroxyl groups excluding tert-OH is 1. The van der Waals surface area contributed by atoms with Crippen molar-refractivity contribution in [2.75, 3.05) is 38.6 Å². The number of rotatable bonds is 5. The Labute approximate surface area is 155 Å². The van der Waals surface area contributed by atoms with E-state index in [1.54, 1.807) is 16.8 Å². The number of aromatic nitrogens is 4. The standard InChI is InChI=1S/C15H24N6O4S/c1-19-15(16-17-18-19)26-10-14(24)21-6-7-25-9-11(21)8-13(23)20-4-2-12(22)3-5-20/h11-12,22H,2-10H2,1H3/t11-/m0/s1. The van der Waals surface area contributed by atoms with Gasteiger partial charge in [-0.3, -0.25) is 9.59 Å². The summed E-state index contributed by atoms with van der Waals surface area (Å²) in [6.45, 7) is 2.45. The molecule has 0 spiro atoms. The van der Waals surface area contributed by atoms with Crippen LogP contribution >= 0.6 is 11.8 Å². The number of aliphatic hydroxyl groups is 1. The molecular weight excluding hydrogens is 360 g/mol. The maximum atomic E-state index is 12.6. The molecule has 1 aromatic rings. The van der Waals surface area contributed by atoms with Crippen LogP contribution in [0.15, 0.2) is 5.16 Å². The lowest BCUT2D eigenvalue weighted by Crippen LogP contribution is -2.52. The largest absolute Gasteiger partial charge is 0.393 e. The summed E-state index contributed by atoms with van der Waals surface area (Å²) in [5, 5.41) is 21.3. The van der Waals surface area contributed by atoms with Crippen LogP contribution in [-0.2, 0) is 21.4 Å². The number of likely N-dealkylation sites (tertiary alicyclic amines) is 1. The van der Waals surface area contributed by atoms with Gasteiger partial charge in [-0.25, -0.2) is 4.68 Å². The number of nitrogens with zero attached hydrogens (tertiary/aromatic N) is 6. The summed E-state index contributed by atoms with van der Waals surface area (Å²) in [6.07, 6.45) is 1.15. The third-order valence-corrected chi connectivity index (χ3v) is 5.68. The van der Waals surface area contributed by atoms with Crippen LogP contribution in [0.5, 0.6) is 0 Å². The summed E-state index contributed by atoms with van der Waals surface area (Å²) >= 11 is 1.28. The number of aryl methyl sites for hydroxylation is 1. The summed E-state index contributed by atoms with van der Waals surface area (Å²) in [4.78, 5) is 28.7. The molecule has 0 unspecified atom stereocenters. The van der Waals surface area contributed by atoms with Gasteiger partial charge in [0.05, 0.1) is 31.1 Å². The van der Waals surface area contributed by atoms with Crippen LogP contribution in [0, 0.1) is 0 Å². The van der Waals surface area contributed by atoms with Crippen molar-refractivity contribution in [2.45, 2.75) is 36.6 Å². The third kappa shape index (κ3) is 4.71. The molecule has 2 aliphatic rings. The van der Waals surface area contributed by atoms with E-state index in [1.165, 1.54) is 16.4 Å². The average Bonchev–Trinajstić information content (AvgIpc) is 3.05. The maximum Gasteiger partial charge on any atom is 0.233 e. The molecule has 1 atom stereocenters. The summed E-state index contributed by atoms with van der Waals surface area (Å²) in [7, 11) is 1.72. The van der Waals surface area contributed by atoms with Crippen molar-refractivity contribution in [2.24, 2.45) is 7.05 Å². The number of tetrazole rings is 1. The first-order valence-corrected chi connectivity index (χ1v) is 9.71. The molecule has 0 aromatic carbocycles. The number of carbonyl (C=O) groups excluding carboxylic acids is 2. The molecule has 2 amide bonds. The molecular formula is C15H24N6O4S. The Hall–Kier alpha value is -1.72. The fourth-order valence-electron chi connectivity index (χ4n) is 3.15. The number of piperidine rings is 1. The average molecular weight is 384 g/mol. The smallest absolute Gasteiger partial charge is 0.233 e. The molecule has 1 aromatic heterocycles. The van der Waals surface area contributed by atoms with Crippen LogP contribution in [0.3, 0.4) is 0 Å². The minimum absolute atomic E-state index is 0.00959. The summed E-state index contributed by atoms with van der Waals surface area (Å²) in [5.74, 6) is 0.179. The predicted octanol–water partition coefficient (Wildman–Crippen LogP) is -1.10. The van der Waals surface area contributed by atoms with Gasteiger partial charge in [0.15, 0.2) is 0 Å². The lowest BCUT2D eigenvalue weighted by molar-refractivity contribution is -0.142. The molecule has 2 fully saturated rings. The highest BCUT2D eigenvalue weighted by Gasteiger charge is 2.31. The van der Waals surface area contributed by atoms with Gasteiger partial charge in [0.25, 0.3) is 0 Å². The first kappa shape index (κ1) is 19.1. The summed E-state index contributed by atoms with van der Waals surface area (Å²) in [5.41, 5.74) is 0. The van der Waals surface area contributed by atoms with Crippen molar-refractivity contribution < 1.29 is 19.4 Å². The SMILES string of the molecule is Cn1nnnc1SCC(=O)N1CCOC[C@@H]1CC(=O)N1CCC(O)CC1. The normalized spacial score (nSPS) is 21.8. The molecule has 3 heterocycles. The van der Waals surface area contributed by atoms with Crippen LogP contribution < -0.4 is 0 Å². The third-order valence-electron chi connectivity index (χ3n) is 4.68. The second-order valence-corrected chi connectivity index (χ2v) is 7.45. The maximum absolute atomic E-state index is 12.6. The van der Waals surface area contributed by atoms with Crippen molar-refractivity contribution in [1.29, 1.82) is 0 Å². The molecule has 3 rings (SSSR count). The van der Waals surface area contributed by atoms with Crippen LogP contribution in [-0.4, -0.2) is 97.7 Å². The Morgan fingerprint density at radius 2 is 2.04 bits per heavy atom. The van der Waals surface area contributed by atoms with E-state index in [4.69, 9.17) is 4.74 Å². The number of thioether (sulfide) groups is 1. The second-order valence-electron chi connectivity index (χ2n) is 6.51. The second kappa shape index (κ2) is 8.78. The van der Waals surface area contributed by atoms with E-state index < -0.39 is 0 Å². The molecule has 0 aliphatic carbocycles. The number of amides is 2. The highest BCUT2D eigenvalue weighted by Crippen LogP contribution is 2.19. The van der Waals surface area contributed by atoms with Gasteiger partial charge in [-0.2, -0.15) is 0 Å². The van der Waals surface area contributed by atoms with Gasteiger partial charge in [0.1, 0.15) is 0 Å². The predicted molar refractivity (Wildman–Crippen MR) is 92.3 cm³/mol. The molecule has 0 saturated carbocycles. The molecule has 0 radical (unpaired) electrons. The van der Waals surface area contributed by atoms with Gasteiger partial charge in [0.2, 0.25) is 17.0 Å². The van der Waals surface area contributed by atoms with Gasteiger partial charge in [-0.1, -0.05) is 11.8 Å². The fourth-order valence-corrected chi connectivity index (χ4v) is 3.89. The quantitative estimate of drug-likeness (QED) is 0.637. The van der Waals surface area contributed by atoms with E-state index in [-0.39, 0.29) is 36.1 Å².